The molecule has 0 aromatic rings. The molecule has 0 saturated carbocycles. The van der Waals surface area contributed by atoms with Gasteiger partial charge in [-0.05, 0) is 12.3 Å². The molecule has 0 heterocycles. The molecule has 0 fully saturated rings. The number of rotatable bonds is 8. The van der Waals surface area contributed by atoms with Gasteiger partial charge in [-0.15, -0.1) is 0 Å². The van der Waals surface area contributed by atoms with Crippen molar-refractivity contribution in [3.8, 4) is 0 Å². The van der Waals surface area contributed by atoms with Crippen LogP contribution in [0.1, 0.15) is 20.3 Å². The van der Waals surface area contributed by atoms with Gasteiger partial charge in [0.25, 0.3) is 0 Å². The molecule has 1 unspecified atom stereocenters. The number of ether oxygens (including phenoxy) is 1. The predicted octanol–water partition coefficient (Wildman–Crippen LogP) is -0.0770. The highest BCUT2D eigenvalue weighted by molar-refractivity contribution is 5.87. The first-order valence-corrected chi connectivity index (χ1v) is 6.53. The Morgan fingerprint density at radius 3 is 2.26 bits per heavy atom. The van der Waals surface area contributed by atoms with Crippen LogP contribution in [0.25, 0.3) is 0 Å². The summed E-state index contributed by atoms with van der Waals surface area (Å²) in [6.45, 7) is 4.83. The molecule has 0 saturated heterocycles. The van der Waals surface area contributed by atoms with Gasteiger partial charge >= 0.3 is 0 Å². The van der Waals surface area contributed by atoms with Crippen molar-refractivity contribution in [3.05, 3.63) is 0 Å². The molecule has 19 heavy (non-hydrogen) atoms. The van der Waals surface area contributed by atoms with Crippen molar-refractivity contribution in [2.75, 3.05) is 40.9 Å². The summed E-state index contributed by atoms with van der Waals surface area (Å²) >= 11 is 0. The van der Waals surface area contributed by atoms with E-state index in [-0.39, 0.29) is 18.4 Å². The Hall–Kier alpha value is -1.14. The van der Waals surface area contributed by atoms with Crippen LogP contribution in [0.5, 0.6) is 0 Å². The monoisotopic (exact) mass is 273 g/mol. The van der Waals surface area contributed by atoms with Crippen molar-refractivity contribution in [1.82, 2.24) is 9.80 Å². The average Bonchev–Trinajstić information content (AvgIpc) is 2.32. The zero-order chi connectivity index (χ0) is 15.0. The summed E-state index contributed by atoms with van der Waals surface area (Å²) in [5, 5.41) is 0. The van der Waals surface area contributed by atoms with Crippen LogP contribution in [-0.4, -0.2) is 68.6 Å². The summed E-state index contributed by atoms with van der Waals surface area (Å²) in [5.74, 6) is 0.0231. The van der Waals surface area contributed by atoms with Crippen LogP contribution in [0.3, 0.4) is 0 Å². The second-order valence-electron chi connectivity index (χ2n) is 5.28. The number of likely N-dealkylation sites (N-methyl/N-ethyl adjacent to an activating group) is 1. The molecule has 0 aliphatic carbocycles. The number of carbonyl (C=O) groups excluding carboxylic acids is 2. The van der Waals surface area contributed by atoms with Gasteiger partial charge in [0.2, 0.25) is 11.8 Å². The maximum Gasteiger partial charge on any atom is 0.241 e. The fourth-order valence-electron chi connectivity index (χ4n) is 1.62. The third-order valence-electron chi connectivity index (χ3n) is 2.74. The minimum atomic E-state index is -0.563. The lowest BCUT2D eigenvalue weighted by Crippen LogP contribution is -2.49. The second-order valence-corrected chi connectivity index (χ2v) is 5.28. The van der Waals surface area contributed by atoms with E-state index in [0.717, 1.165) is 0 Å². The van der Waals surface area contributed by atoms with E-state index in [0.29, 0.717) is 25.5 Å². The van der Waals surface area contributed by atoms with Gasteiger partial charge in [0.1, 0.15) is 0 Å². The van der Waals surface area contributed by atoms with Crippen LogP contribution in [0.15, 0.2) is 0 Å². The van der Waals surface area contributed by atoms with Crippen LogP contribution >= 0.6 is 0 Å². The van der Waals surface area contributed by atoms with Gasteiger partial charge in [0, 0.05) is 27.7 Å². The van der Waals surface area contributed by atoms with Crippen molar-refractivity contribution < 1.29 is 14.3 Å². The minimum Gasteiger partial charge on any atom is -0.383 e. The van der Waals surface area contributed by atoms with Crippen LogP contribution in [-0.2, 0) is 14.3 Å². The first-order chi connectivity index (χ1) is 8.79. The normalized spacial score (nSPS) is 12.4. The fraction of sp³-hybridized carbons (Fsp3) is 0.846. The van der Waals surface area contributed by atoms with E-state index in [1.807, 2.05) is 13.8 Å². The zero-order valence-corrected chi connectivity index (χ0v) is 12.7. The van der Waals surface area contributed by atoms with Gasteiger partial charge < -0.3 is 20.3 Å². The number of hydrogen-bond acceptors (Lipinski definition) is 4. The van der Waals surface area contributed by atoms with Gasteiger partial charge in [0.15, 0.2) is 0 Å². The molecule has 6 heteroatoms. The molecule has 6 nitrogen and oxygen atoms in total. The molecule has 0 aromatic carbocycles. The van der Waals surface area contributed by atoms with E-state index in [4.69, 9.17) is 10.5 Å². The van der Waals surface area contributed by atoms with E-state index >= 15 is 0 Å². The number of methoxy groups -OCH3 is 1. The standard InChI is InChI=1S/C13H27N3O3/c1-10(2)8-11(14)13(18)16(6-7-19-5)9-12(17)15(3)4/h10-11H,6-9,14H2,1-5H3. The minimum absolute atomic E-state index is 0.0426. The van der Waals surface area contributed by atoms with Crippen molar-refractivity contribution in [1.29, 1.82) is 0 Å². The zero-order valence-electron chi connectivity index (χ0n) is 12.7. The number of nitrogens with zero attached hydrogens (tertiary/aromatic N) is 2. The van der Waals surface area contributed by atoms with E-state index in [9.17, 15) is 9.59 Å². The van der Waals surface area contributed by atoms with Gasteiger partial charge in [0.05, 0.1) is 19.2 Å². The van der Waals surface area contributed by atoms with Crippen LogP contribution in [0.4, 0.5) is 0 Å². The average molecular weight is 273 g/mol. The summed E-state index contributed by atoms with van der Waals surface area (Å²) in [6.07, 6.45) is 0.610. The van der Waals surface area contributed by atoms with E-state index < -0.39 is 6.04 Å². The Morgan fingerprint density at radius 1 is 1.26 bits per heavy atom. The van der Waals surface area contributed by atoms with Crippen molar-refractivity contribution in [2.24, 2.45) is 11.7 Å². The summed E-state index contributed by atoms with van der Waals surface area (Å²) in [5.41, 5.74) is 5.89. The molecule has 0 rings (SSSR count). The molecule has 0 bridgehead atoms. The van der Waals surface area contributed by atoms with E-state index in [2.05, 4.69) is 0 Å². The molecule has 0 aliphatic heterocycles. The smallest absolute Gasteiger partial charge is 0.241 e. The lowest BCUT2D eigenvalue weighted by Gasteiger charge is -2.26. The van der Waals surface area contributed by atoms with Crippen LogP contribution in [0, 0.1) is 5.92 Å². The molecule has 1 atom stereocenters. The number of carbonyl (C=O) groups is 2. The van der Waals surface area contributed by atoms with Gasteiger partial charge in [-0.1, -0.05) is 13.8 Å². The third kappa shape index (κ3) is 7.12. The molecule has 0 aromatic heterocycles. The largest absolute Gasteiger partial charge is 0.383 e. The van der Waals surface area contributed by atoms with Crippen molar-refractivity contribution in [2.45, 2.75) is 26.3 Å². The first-order valence-electron chi connectivity index (χ1n) is 6.53. The highest BCUT2D eigenvalue weighted by Crippen LogP contribution is 2.06. The summed E-state index contributed by atoms with van der Waals surface area (Å²) in [6, 6.07) is -0.563. The third-order valence-corrected chi connectivity index (χ3v) is 2.74. The van der Waals surface area contributed by atoms with Gasteiger partial charge in [-0.25, -0.2) is 0 Å². The van der Waals surface area contributed by atoms with E-state index in [1.54, 1.807) is 21.2 Å². The molecular weight excluding hydrogens is 246 g/mol. The van der Waals surface area contributed by atoms with Crippen molar-refractivity contribution in [3.63, 3.8) is 0 Å². The Bertz CT molecular complexity index is 293. The Balaban J connectivity index is 4.63. The summed E-state index contributed by atoms with van der Waals surface area (Å²) in [4.78, 5) is 26.9. The SMILES string of the molecule is COCCN(CC(=O)N(C)C)C(=O)C(N)CC(C)C. The topological polar surface area (TPSA) is 75.9 Å². The molecule has 0 aliphatic rings. The molecule has 0 spiro atoms. The highest BCUT2D eigenvalue weighted by Gasteiger charge is 2.24. The highest BCUT2D eigenvalue weighted by atomic mass is 16.5. The summed E-state index contributed by atoms with van der Waals surface area (Å²) in [7, 11) is 4.88. The summed E-state index contributed by atoms with van der Waals surface area (Å²) < 4.78 is 4.97. The van der Waals surface area contributed by atoms with E-state index in [1.165, 1.54) is 9.80 Å². The van der Waals surface area contributed by atoms with Crippen molar-refractivity contribution >= 4 is 11.8 Å². The Labute approximate surface area is 115 Å². The molecule has 0 radical (unpaired) electrons. The second kappa shape index (κ2) is 8.87. The lowest BCUT2D eigenvalue weighted by atomic mass is 10.0. The van der Waals surface area contributed by atoms with Gasteiger partial charge in [-0.2, -0.15) is 0 Å². The molecule has 2 N–H and O–H groups in total. The van der Waals surface area contributed by atoms with Crippen LogP contribution in [0.2, 0.25) is 0 Å². The molecule has 112 valence electrons. The van der Waals surface area contributed by atoms with Crippen LogP contribution < -0.4 is 5.73 Å². The molecular formula is C13H27N3O3. The Kier molecular flexibility index (Phi) is 8.34. The maximum absolute atomic E-state index is 12.2. The number of hydrogen-bond donors (Lipinski definition) is 1. The fourth-order valence-corrected chi connectivity index (χ4v) is 1.62. The number of amides is 2. The Morgan fingerprint density at radius 2 is 1.84 bits per heavy atom. The molecule has 2 amide bonds. The quantitative estimate of drug-likeness (QED) is 0.671. The van der Waals surface area contributed by atoms with Gasteiger partial charge in [-0.3, -0.25) is 9.59 Å². The number of nitrogens with two attached hydrogens (primary N) is 1. The predicted molar refractivity (Wildman–Crippen MR) is 74.6 cm³/mol. The first kappa shape index (κ1) is 17.9. The lowest BCUT2D eigenvalue weighted by molar-refractivity contribution is -0.140. The maximum atomic E-state index is 12.2.